The van der Waals surface area contributed by atoms with Crippen molar-refractivity contribution in [1.29, 1.82) is 0 Å². The Bertz CT molecular complexity index is 667. The molecule has 2 fully saturated rings. The molecule has 0 saturated heterocycles. The van der Waals surface area contributed by atoms with Gasteiger partial charge in [-0.05, 0) is 62.8 Å². The molecule has 0 aromatic heterocycles. The highest BCUT2D eigenvalue weighted by molar-refractivity contribution is 5.90. The van der Waals surface area contributed by atoms with E-state index in [0.717, 1.165) is 11.5 Å². The van der Waals surface area contributed by atoms with Crippen molar-refractivity contribution < 1.29 is 9.47 Å². The second-order valence-corrected chi connectivity index (χ2v) is 7.37. The van der Waals surface area contributed by atoms with E-state index in [-0.39, 0.29) is 0 Å². The lowest BCUT2D eigenvalue weighted by atomic mass is 9.97. The van der Waals surface area contributed by atoms with Crippen LogP contribution in [0.4, 0.5) is 0 Å². The smallest absolute Gasteiger partial charge is 0.169 e. The Hall–Kier alpha value is -1.70. The molecule has 2 saturated carbocycles. The maximum atomic E-state index is 6.52. The maximum Gasteiger partial charge on any atom is 0.169 e. The van der Waals surface area contributed by atoms with Gasteiger partial charge in [-0.2, -0.15) is 0 Å². The van der Waals surface area contributed by atoms with Gasteiger partial charge in [-0.1, -0.05) is 43.2 Å². The van der Waals surface area contributed by atoms with Crippen molar-refractivity contribution >= 4 is 10.8 Å². The Morgan fingerprint density at radius 2 is 1.25 bits per heavy atom. The minimum atomic E-state index is 0.346. The van der Waals surface area contributed by atoms with E-state index in [9.17, 15) is 0 Å². The van der Waals surface area contributed by atoms with Crippen LogP contribution >= 0.6 is 0 Å². The van der Waals surface area contributed by atoms with Crippen LogP contribution in [0.15, 0.2) is 36.4 Å². The highest BCUT2D eigenvalue weighted by Crippen LogP contribution is 2.39. The van der Waals surface area contributed by atoms with E-state index >= 15 is 0 Å². The van der Waals surface area contributed by atoms with Gasteiger partial charge in [-0.3, -0.25) is 0 Å². The van der Waals surface area contributed by atoms with Crippen LogP contribution in [-0.2, 0) is 0 Å². The van der Waals surface area contributed by atoms with Gasteiger partial charge in [-0.25, -0.2) is 0 Å². The molecule has 0 spiro atoms. The third-order valence-electron chi connectivity index (χ3n) is 5.53. The molecule has 128 valence electrons. The molecule has 2 heteroatoms. The molecular weight excluding hydrogens is 296 g/mol. The summed E-state index contributed by atoms with van der Waals surface area (Å²) in [6, 6.07) is 12.8. The zero-order valence-corrected chi connectivity index (χ0v) is 14.5. The van der Waals surface area contributed by atoms with E-state index in [1.54, 1.807) is 0 Å². The fourth-order valence-corrected chi connectivity index (χ4v) is 4.15. The van der Waals surface area contributed by atoms with Crippen LogP contribution in [0.1, 0.15) is 64.2 Å². The molecule has 0 radical (unpaired) electrons. The molecule has 2 aliphatic rings. The number of ether oxygens (including phenoxy) is 2. The number of hydrogen-bond donors (Lipinski definition) is 0. The summed E-state index contributed by atoms with van der Waals surface area (Å²) in [6.45, 7) is 0. The SMILES string of the molecule is c1ccc2c(OC3CCCCC3)c(OC3CCCCC3)ccc2c1. The average Bonchev–Trinajstić information content (AvgIpc) is 2.65. The van der Waals surface area contributed by atoms with Crippen LogP contribution in [0, 0.1) is 0 Å². The van der Waals surface area contributed by atoms with Crippen molar-refractivity contribution in [2.45, 2.75) is 76.4 Å². The molecule has 0 amide bonds. The minimum absolute atomic E-state index is 0.346. The molecule has 0 heterocycles. The van der Waals surface area contributed by atoms with Gasteiger partial charge in [0.1, 0.15) is 0 Å². The lowest BCUT2D eigenvalue weighted by molar-refractivity contribution is 0.125. The first-order valence-electron chi connectivity index (χ1n) is 9.75. The normalized spacial score (nSPS) is 20.2. The molecule has 4 rings (SSSR count). The molecule has 2 aliphatic carbocycles. The molecule has 2 nitrogen and oxygen atoms in total. The van der Waals surface area contributed by atoms with Gasteiger partial charge in [-0.15, -0.1) is 0 Å². The van der Waals surface area contributed by atoms with Crippen molar-refractivity contribution in [3.05, 3.63) is 36.4 Å². The second kappa shape index (κ2) is 7.46. The van der Waals surface area contributed by atoms with Crippen LogP contribution in [0.2, 0.25) is 0 Å². The van der Waals surface area contributed by atoms with Crippen molar-refractivity contribution in [2.24, 2.45) is 0 Å². The molecule has 0 N–H and O–H groups in total. The summed E-state index contributed by atoms with van der Waals surface area (Å²) in [5, 5.41) is 2.43. The van der Waals surface area contributed by atoms with E-state index in [2.05, 4.69) is 36.4 Å². The van der Waals surface area contributed by atoms with Crippen LogP contribution in [-0.4, -0.2) is 12.2 Å². The van der Waals surface area contributed by atoms with Gasteiger partial charge in [0.2, 0.25) is 0 Å². The fourth-order valence-electron chi connectivity index (χ4n) is 4.15. The molecular formula is C22H28O2. The van der Waals surface area contributed by atoms with Crippen LogP contribution < -0.4 is 9.47 Å². The summed E-state index contributed by atoms with van der Waals surface area (Å²) < 4.78 is 12.9. The monoisotopic (exact) mass is 324 g/mol. The Morgan fingerprint density at radius 3 is 1.96 bits per heavy atom. The summed E-state index contributed by atoms with van der Waals surface area (Å²) in [5.74, 6) is 1.93. The zero-order valence-electron chi connectivity index (χ0n) is 14.5. The summed E-state index contributed by atoms with van der Waals surface area (Å²) in [6.07, 6.45) is 13.2. The first-order valence-corrected chi connectivity index (χ1v) is 9.75. The second-order valence-electron chi connectivity index (χ2n) is 7.37. The van der Waals surface area contributed by atoms with Gasteiger partial charge in [0, 0.05) is 5.39 Å². The average molecular weight is 324 g/mol. The lowest BCUT2D eigenvalue weighted by Gasteiger charge is -2.28. The molecule has 0 bridgehead atoms. The number of rotatable bonds is 4. The van der Waals surface area contributed by atoms with Crippen LogP contribution in [0.3, 0.4) is 0 Å². The zero-order chi connectivity index (χ0) is 16.2. The van der Waals surface area contributed by atoms with Crippen molar-refractivity contribution in [3.63, 3.8) is 0 Å². The van der Waals surface area contributed by atoms with Gasteiger partial charge in [0.15, 0.2) is 11.5 Å². The van der Waals surface area contributed by atoms with Gasteiger partial charge < -0.3 is 9.47 Å². The number of fused-ring (bicyclic) bond motifs is 1. The van der Waals surface area contributed by atoms with E-state index in [4.69, 9.17) is 9.47 Å². The van der Waals surface area contributed by atoms with Crippen LogP contribution in [0.25, 0.3) is 10.8 Å². The number of benzene rings is 2. The first kappa shape index (κ1) is 15.8. The third-order valence-corrected chi connectivity index (χ3v) is 5.53. The van der Waals surface area contributed by atoms with Crippen LogP contribution in [0.5, 0.6) is 11.5 Å². The predicted octanol–water partition coefficient (Wildman–Crippen LogP) is 6.26. The Balaban J connectivity index is 1.64. The minimum Gasteiger partial charge on any atom is -0.487 e. The van der Waals surface area contributed by atoms with Crippen molar-refractivity contribution in [3.8, 4) is 11.5 Å². The third kappa shape index (κ3) is 3.53. The standard InChI is InChI=1S/C22H28O2/c1-3-10-18(11-4-1)23-21-16-15-17-9-7-8-14-20(17)22(21)24-19-12-5-2-6-13-19/h7-9,14-16,18-19H,1-6,10-13H2. The van der Waals surface area contributed by atoms with E-state index in [1.807, 2.05) is 0 Å². The largest absolute Gasteiger partial charge is 0.487 e. The van der Waals surface area contributed by atoms with Crippen molar-refractivity contribution in [2.75, 3.05) is 0 Å². The lowest BCUT2D eigenvalue weighted by Crippen LogP contribution is -2.22. The van der Waals surface area contributed by atoms with E-state index in [0.29, 0.717) is 12.2 Å². The van der Waals surface area contributed by atoms with E-state index in [1.165, 1.54) is 75.0 Å². The summed E-state index contributed by atoms with van der Waals surface area (Å²) in [5.41, 5.74) is 0. The Labute approximate surface area is 145 Å². The highest BCUT2D eigenvalue weighted by atomic mass is 16.5. The van der Waals surface area contributed by atoms with Gasteiger partial charge in [0.25, 0.3) is 0 Å². The highest BCUT2D eigenvalue weighted by Gasteiger charge is 2.21. The van der Waals surface area contributed by atoms with E-state index < -0.39 is 0 Å². The van der Waals surface area contributed by atoms with Gasteiger partial charge >= 0.3 is 0 Å². The predicted molar refractivity (Wildman–Crippen MR) is 99.0 cm³/mol. The quantitative estimate of drug-likeness (QED) is 0.660. The Morgan fingerprint density at radius 1 is 0.625 bits per heavy atom. The Kier molecular flexibility index (Phi) is 4.91. The molecule has 0 atom stereocenters. The molecule has 0 unspecified atom stereocenters. The first-order chi connectivity index (χ1) is 11.9. The maximum absolute atomic E-state index is 6.52. The molecule has 2 aromatic carbocycles. The number of hydrogen-bond acceptors (Lipinski definition) is 2. The molecule has 2 aromatic rings. The van der Waals surface area contributed by atoms with Gasteiger partial charge in [0.05, 0.1) is 12.2 Å². The topological polar surface area (TPSA) is 18.5 Å². The summed E-state index contributed by atoms with van der Waals surface area (Å²) in [7, 11) is 0. The summed E-state index contributed by atoms with van der Waals surface area (Å²) in [4.78, 5) is 0. The fraction of sp³-hybridized carbons (Fsp3) is 0.545. The summed E-state index contributed by atoms with van der Waals surface area (Å²) >= 11 is 0. The molecule has 0 aliphatic heterocycles. The van der Waals surface area contributed by atoms with Crippen molar-refractivity contribution in [1.82, 2.24) is 0 Å². The molecule has 24 heavy (non-hydrogen) atoms.